The molecule has 0 aromatic carbocycles. The van der Waals surface area contributed by atoms with Gasteiger partial charge in [-0.25, -0.2) is 0 Å². The van der Waals surface area contributed by atoms with Crippen LogP contribution in [0.1, 0.15) is 13.8 Å². The van der Waals surface area contributed by atoms with Crippen molar-refractivity contribution in [3.8, 4) is 0 Å². The topological polar surface area (TPSA) is 29.3 Å². The van der Waals surface area contributed by atoms with Crippen molar-refractivity contribution < 1.29 is 0 Å². The van der Waals surface area contributed by atoms with E-state index in [-0.39, 0.29) is 0 Å². The number of thioether (sulfide) groups is 1. The molecule has 0 saturated carbocycles. The monoisotopic (exact) mass is 188 g/mol. The largest absolute Gasteiger partial charge is 0.327 e. The van der Waals surface area contributed by atoms with E-state index in [9.17, 15) is 0 Å². The van der Waals surface area contributed by atoms with Crippen molar-refractivity contribution in [2.24, 2.45) is 11.7 Å². The molecule has 72 valence electrons. The standard InChI is InChI=1S/C9H20N2S/c1-3-11(4-2)5-8-6-12-7-9(8)10/h8-9H,3-7,10H2,1-2H3. The van der Waals surface area contributed by atoms with E-state index in [0.29, 0.717) is 6.04 Å². The van der Waals surface area contributed by atoms with Gasteiger partial charge in [-0.15, -0.1) is 0 Å². The first kappa shape index (κ1) is 10.4. The summed E-state index contributed by atoms with van der Waals surface area (Å²) < 4.78 is 0. The lowest BCUT2D eigenvalue weighted by atomic mass is 10.0. The van der Waals surface area contributed by atoms with Crippen LogP contribution in [-0.2, 0) is 0 Å². The summed E-state index contributed by atoms with van der Waals surface area (Å²) in [6.07, 6.45) is 0. The Kier molecular flexibility index (Phi) is 4.40. The van der Waals surface area contributed by atoms with Gasteiger partial charge >= 0.3 is 0 Å². The molecule has 0 aromatic rings. The predicted octanol–water partition coefficient (Wildman–Crippen LogP) is 1.02. The zero-order chi connectivity index (χ0) is 8.97. The average Bonchev–Trinajstić information content (AvgIpc) is 2.47. The molecule has 1 aliphatic heterocycles. The number of hydrogen-bond donors (Lipinski definition) is 1. The van der Waals surface area contributed by atoms with E-state index in [1.54, 1.807) is 0 Å². The summed E-state index contributed by atoms with van der Waals surface area (Å²) in [5.74, 6) is 3.15. The molecule has 12 heavy (non-hydrogen) atoms. The van der Waals surface area contributed by atoms with Crippen LogP contribution in [0, 0.1) is 5.92 Å². The van der Waals surface area contributed by atoms with Gasteiger partial charge in [-0.3, -0.25) is 0 Å². The fourth-order valence-corrected chi connectivity index (χ4v) is 2.95. The van der Waals surface area contributed by atoms with Gasteiger partial charge in [-0.2, -0.15) is 11.8 Å². The maximum atomic E-state index is 5.99. The molecule has 0 spiro atoms. The Morgan fingerprint density at radius 1 is 1.33 bits per heavy atom. The highest BCUT2D eigenvalue weighted by Gasteiger charge is 2.25. The van der Waals surface area contributed by atoms with Crippen LogP contribution in [0.25, 0.3) is 0 Å². The van der Waals surface area contributed by atoms with Crippen LogP contribution >= 0.6 is 11.8 Å². The van der Waals surface area contributed by atoms with Crippen molar-refractivity contribution in [2.75, 3.05) is 31.1 Å². The van der Waals surface area contributed by atoms with Gasteiger partial charge in [0.15, 0.2) is 0 Å². The van der Waals surface area contributed by atoms with Crippen molar-refractivity contribution >= 4 is 11.8 Å². The van der Waals surface area contributed by atoms with E-state index >= 15 is 0 Å². The molecule has 2 atom stereocenters. The van der Waals surface area contributed by atoms with Gasteiger partial charge in [0.2, 0.25) is 0 Å². The first-order valence-corrected chi connectivity index (χ1v) is 5.99. The van der Waals surface area contributed by atoms with Gasteiger partial charge in [-0.1, -0.05) is 13.8 Å². The minimum atomic E-state index is 0.440. The number of hydrogen-bond acceptors (Lipinski definition) is 3. The smallest absolute Gasteiger partial charge is 0.0179 e. The van der Waals surface area contributed by atoms with Crippen LogP contribution < -0.4 is 5.73 Å². The molecule has 0 radical (unpaired) electrons. The Hall–Kier alpha value is 0.270. The van der Waals surface area contributed by atoms with E-state index in [0.717, 1.165) is 24.8 Å². The summed E-state index contributed by atoms with van der Waals surface area (Å²) in [4.78, 5) is 2.47. The normalized spacial score (nSPS) is 30.0. The molecule has 1 heterocycles. The van der Waals surface area contributed by atoms with Gasteiger partial charge in [0.1, 0.15) is 0 Å². The summed E-state index contributed by atoms with van der Waals surface area (Å²) in [7, 11) is 0. The summed E-state index contributed by atoms with van der Waals surface area (Å²) in [5.41, 5.74) is 5.99. The Morgan fingerprint density at radius 3 is 2.42 bits per heavy atom. The van der Waals surface area contributed by atoms with E-state index in [1.807, 2.05) is 11.8 Å². The molecule has 0 amide bonds. The molecular formula is C9H20N2S. The second-order valence-corrected chi connectivity index (χ2v) is 4.52. The highest BCUT2D eigenvalue weighted by atomic mass is 32.2. The molecule has 2 nitrogen and oxygen atoms in total. The first-order chi connectivity index (χ1) is 5.77. The highest BCUT2D eigenvalue weighted by Crippen LogP contribution is 2.23. The Bertz CT molecular complexity index is 126. The van der Waals surface area contributed by atoms with Crippen molar-refractivity contribution in [2.45, 2.75) is 19.9 Å². The van der Waals surface area contributed by atoms with Crippen molar-refractivity contribution in [3.63, 3.8) is 0 Å². The summed E-state index contributed by atoms with van der Waals surface area (Å²) in [6.45, 7) is 7.95. The van der Waals surface area contributed by atoms with Gasteiger partial charge in [-0.05, 0) is 24.8 Å². The first-order valence-electron chi connectivity index (χ1n) is 4.83. The van der Waals surface area contributed by atoms with Crippen LogP contribution in [0.2, 0.25) is 0 Å². The number of nitrogens with zero attached hydrogens (tertiary/aromatic N) is 1. The maximum Gasteiger partial charge on any atom is 0.0179 e. The van der Waals surface area contributed by atoms with Crippen LogP contribution in [0.4, 0.5) is 0 Å². The van der Waals surface area contributed by atoms with Crippen LogP contribution in [0.5, 0.6) is 0 Å². The second kappa shape index (κ2) is 5.10. The van der Waals surface area contributed by atoms with E-state index < -0.39 is 0 Å². The second-order valence-electron chi connectivity index (χ2n) is 3.45. The number of nitrogens with two attached hydrogens (primary N) is 1. The lowest BCUT2D eigenvalue weighted by Gasteiger charge is -2.24. The summed E-state index contributed by atoms with van der Waals surface area (Å²) in [6, 6.07) is 0.440. The van der Waals surface area contributed by atoms with Gasteiger partial charge in [0, 0.05) is 18.3 Å². The molecule has 1 fully saturated rings. The van der Waals surface area contributed by atoms with Crippen LogP contribution in [0.3, 0.4) is 0 Å². The molecule has 1 saturated heterocycles. The molecular weight excluding hydrogens is 168 g/mol. The molecule has 1 aliphatic rings. The molecule has 1 rings (SSSR count). The van der Waals surface area contributed by atoms with Crippen molar-refractivity contribution in [3.05, 3.63) is 0 Å². The lowest BCUT2D eigenvalue weighted by Crippen LogP contribution is -2.38. The third-order valence-electron chi connectivity index (χ3n) is 2.63. The summed E-state index contributed by atoms with van der Waals surface area (Å²) >= 11 is 2.00. The zero-order valence-electron chi connectivity index (χ0n) is 8.12. The summed E-state index contributed by atoms with van der Waals surface area (Å²) in [5, 5.41) is 0. The molecule has 0 aliphatic carbocycles. The van der Waals surface area contributed by atoms with Gasteiger partial charge in [0.25, 0.3) is 0 Å². The maximum absolute atomic E-state index is 5.99. The van der Waals surface area contributed by atoms with E-state index in [1.165, 1.54) is 12.3 Å². The highest BCUT2D eigenvalue weighted by molar-refractivity contribution is 7.99. The van der Waals surface area contributed by atoms with Crippen LogP contribution in [-0.4, -0.2) is 42.1 Å². The molecule has 2 N–H and O–H groups in total. The molecule has 2 unspecified atom stereocenters. The van der Waals surface area contributed by atoms with Crippen LogP contribution in [0.15, 0.2) is 0 Å². The fraction of sp³-hybridized carbons (Fsp3) is 1.00. The quantitative estimate of drug-likeness (QED) is 0.714. The fourth-order valence-electron chi connectivity index (χ4n) is 1.62. The molecule has 0 aromatic heterocycles. The Labute approximate surface area is 79.9 Å². The van der Waals surface area contributed by atoms with Gasteiger partial charge < -0.3 is 10.6 Å². The SMILES string of the molecule is CCN(CC)CC1CSCC1N. The van der Waals surface area contributed by atoms with E-state index in [4.69, 9.17) is 5.73 Å². The molecule has 3 heteroatoms. The zero-order valence-corrected chi connectivity index (χ0v) is 8.94. The third-order valence-corrected chi connectivity index (χ3v) is 3.92. The molecule has 0 bridgehead atoms. The third kappa shape index (κ3) is 2.64. The minimum Gasteiger partial charge on any atom is -0.327 e. The Morgan fingerprint density at radius 2 is 2.00 bits per heavy atom. The predicted molar refractivity (Wildman–Crippen MR) is 56.6 cm³/mol. The number of rotatable bonds is 4. The van der Waals surface area contributed by atoms with Crippen molar-refractivity contribution in [1.82, 2.24) is 4.90 Å². The minimum absolute atomic E-state index is 0.440. The average molecular weight is 188 g/mol. The Balaban J connectivity index is 2.28. The van der Waals surface area contributed by atoms with Crippen molar-refractivity contribution in [1.29, 1.82) is 0 Å². The van der Waals surface area contributed by atoms with E-state index in [2.05, 4.69) is 18.7 Å². The van der Waals surface area contributed by atoms with Gasteiger partial charge in [0.05, 0.1) is 0 Å². The lowest BCUT2D eigenvalue weighted by molar-refractivity contribution is 0.253.